The molecule has 2 N–H and O–H groups in total. The van der Waals surface area contributed by atoms with Crippen molar-refractivity contribution < 1.29 is 4.74 Å². The van der Waals surface area contributed by atoms with Gasteiger partial charge in [0.1, 0.15) is 5.75 Å². The van der Waals surface area contributed by atoms with Crippen LogP contribution in [-0.4, -0.2) is 13.2 Å². The molecule has 0 aromatic heterocycles. The van der Waals surface area contributed by atoms with Gasteiger partial charge in [-0.05, 0) is 43.0 Å². The third-order valence-corrected chi connectivity index (χ3v) is 2.40. The Morgan fingerprint density at radius 2 is 2.07 bits per heavy atom. The van der Waals surface area contributed by atoms with Gasteiger partial charge in [-0.3, -0.25) is 0 Å². The maximum atomic E-state index is 5.74. The summed E-state index contributed by atoms with van der Waals surface area (Å²) in [5.41, 5.74) is 7.95. The minimum atomic E-state index is 0.499. The Labute approximate surface area is 92.4 Å². The number of benzene rings is 1. The van der Waals surface area contributed by atoms with Crippen LogP contribution in [0, 0.1) is 6.92 Å². The average Bonchev–Trinajstić information content (AvgIpc) is 2.18. The largest absolute Gasteiger partial charge is 0.493 e. The molecule has 0 aliphatic carbocycles. The fraction of sp³-hybridized carbons (Fsp3) is 0.538. The molecule has 0 saturated heterocycles. The molecule has 0 fully saturated rings. The van der Waals surface area contributed by atoms with Crippen LogP contribution in [0.2, 0.25) is 0 Å². The first-order valence-corrected chi connectivity index (χ1v) is 5.58. The van der Waals surface area contributed by atoms with E-state index in [4.69, 9.17) is 10.5 Å². The molecule has 0 unspecified atom stereocenters. The van der Waals surface area contributed by atoms with E-state index >= 15 is 0 Å². The van der Waals surface area contributed by atoms with Crippen molar-refractivity contribution in [3.05, 3.63) is 29.3 Å². The van der Waals surface area contributed by atoms with E-state index < -0.39 is 0 Å². The summed E-state index contributed by atoms with van der Waals surface area (Å²) in [5.74, 6) is 1.51. The van der Waals surface area contributed by atoms with E-state index in [1.807, 2.05) is 0 Å². The Kier molecular flexibility index (Phi) is 4.63. The van der Waals surface area contributed by atoms with Gasteiger partial charge in [-0.1, -0.05) is 26.0 Å². The van der Waals surface area contributed by atoms with Gasteiger partial charge in [-0.25, -0.2) is 0 Å². The Morgan fingerprint density at radius 1 is 1.33 bits per heavy atom. The number of hydrogen-bond acceptors (Lipinski definition) is 2. The van der Waals surface area contributed by atoms with Crippen molar-refractivity contribution in [3.63, 3.8) is 0 Å². The van der Waals surface area contributed by atoms with Crippen molar-refractivity contribution in [1.29, 1.82) is 0 Å². The van der Waals surface area contributed by atoms with Gasteiger partial charge in [0.2, 0.25) is 0 Å². The Bertz CT molecular complexity index is 307. The van der Waals surface area contributed by atoms with E-state index in [0.29, 0.717) is 19.1 Å². The molecule has 0 aliphatic heterocycles. The van der Waals surface area contributed by atoms with Crippen molar-refractivity contribution in [2.45, 2.75) is 33.1 Å². The number of nitrogens with two attached hydrogens (primary N) is 1. The topological polar surface area (TPSA) is 35.2 Å². The van der Waals surface area contributed by atoms with Crippen LogP contribution in [0.15, 0.2) is 18.2 Å². The molecular weight excluding hydrogens is 186 g/mol. The fourth-order valence-electron chi connectivity index (χ4n) is 1.51. The van der Waals surface area contributed by atoms with Crippen LogP contribution in [0.1, 0.15) is 37.3 Å². The number of aryl methyl sites for hydroxylation is 1. The first kappa shape index (κ1) is 12.1. The Hall–Kier alpha value is -1.02. The summed E-state index contributed by atoms with van der Waals surface area (Å²) < 4.78 is 5.74. The van der Waals surface area contributed by atoms with Crippen molar-refractivity contribution in [2.24, 2.45) is 5.73 Å². The second-order valence-corrected chi connectivity index (χ2v) is 4.19. The summed E-state index contributed by atoms with van der Waals surface area (Å²) in [5, 5.41) is 0. The van der Waals surface area contributed by atoms with Crippen molar-refractivity contribution in [2.75, 3.05) is 13.2 Å². The zero-order valence-electron chi connectivity index (χ0n) is 9.92. The molecule has 2 heteroatoms. The molecular formula is C13H21NO. The normalized spacial score (nSPS) is 10.7. The summed E-state index contributed by atoms with van der Waals surface area (Å²) in [6, 6.07) is 6.38. The van der Waals surface area contributed by atoms with E-state index in [1.165, 1.54) is 11.1 Å². The van der Waals surface area contributed by atoms with E-state index in [1.54, 1.807) is 0 Å². The SMILES string of the molecule is Cc1ccc(C(C)C)c(OCCCN)c1. The predicted molar refractivity (Wildman–Crippen MR) is 64.4 cm³/mol. The molecule has 2 nitrogen and oxygen atoms in total. The van der Waals surface area contributed by atoms with Crippen molar-refractivity contribution in [1.82, 2.24) is 0 Å². The zero-order valence-corrected chi connectivity index (χ0v) is 9.92. The van der Waals surface area contributed by atoms with Gasteiger partial charge >= 0.3 is 0 Å². The van der Waals surface area contributed by atoms with Crippen LogP contribution >= 0.6 is 0 Å². The van der Waals surface area contributed by atoms with E-state index in [9.17, 15) is 0 Å². The van der Waals surface area contributed by atoms with Gasteiger partial charge < -0.3 is 10.5 Å². The van der Waals surface area contributed by atoms with E-state index in [0.717, 1.165) is 12.2 Å². The van der Waals surface area contributed by atoms with Crippen LogP contribution in [0.25, 0.3) is 0 Å². The summed E-state index contributed by atoms with van der Waals surface area (Å²) in [7, 11) is 0. The standard InChI is InChI=1S/C13H21NO/c1-10(2)12-6-5-11(3)9-13(12)15-8-4-7-14/h5-6,9-10H,4,7-8,14H2,1-3H3. The van der Waals surface area contributed by atoms with Gasteiger partial charge in [0.15, 0.2) is 0 Å². The van der Waals surface area contributed by atoms with Gasteiger partial charge in [-0.2, -0.15) is 0 Å². The second-order valence-electron chi connectivity index (χ2n) is 4.19. The molecule has 0 spiro atoms. The molecule has 0 amide bonds. The van der Waals surface area contributed by atoms with Gasteiger partial charge in [0, 0.05) is 0 Å². The summed E-state index contributed by atoms with van der Waals surface area (Å²) >= 11 is 0. The van der Waals surface area contributed by atoms with E-state index in [2.05, 4.69) is 39.0 Å². The molecule has 0 radical (unpaired) electrons. The minimum Gasteiger partial charge on any atom is -0.493 e. The first-order valence-electron chi connectivity index (χ1n) is 5.58. The van der Waals surface area contributed by atoms with Gasteiger partial charge in [0.25, 0.3) is 0 Å². The lowest BCUT2D eigenvalue weighted by molar-refractivity contribution is 0.309. The maximum absolute atomic E-state index is 5.74. The highest BCUT2D eigenvalue weighted by molar-refractivity contribution is 5.39. The van der Waals surface area contributed by atoms with Crippen molar-refractivity contribution >= 4 is 0 Å². The minimum absolute atomic E-state index is 0.499. The van der Waals surface area contributed by atoms with Crippen LogP contribution in [-0.2, 0) is 0 Å². The quantitative estimate of drug-likeness (QED) is 0.753. The molecule has 1 aromatic rings. The smallest absolute Gasteiger partial charge is 0.122 e. The molecule has 0 heterocycles. The van der Waals surface area contributed by atoms with Gasteiger partial charge in [-0.15, -0.1) is 0 Å². The monoisotopic (exact) mass is 207 g/mol. The third kappa shape index (κ3) is 3.56. The summed E-state index contributed by atoms with van der Waals surface area (Å²) in [6.07, 6.45) is 0.908. The zero-order chi connectivity index (χ0) is 11.3. The highest BCUT2D eigenvalue weighted by atomic mass is 16.5. The number of hydrogen-bond donors (Lipinski definition) is 1. The van der Waals surface area contributed by atoms with Crippen LogP contribution in [0.5, 0.6) is 5.75 Å². The summed E-state index contributed by atoms with van der Waals surface area (Å²) in [6.45, 7) is 7.84. The Balaban J connectivity index is 2.77. The van der Waals surface area contributed by atoms with Crippen molar-refractivity contribution in [3.8, 4) is 5.75 Å². The molecule has 15 heavy (non-hydrogen) atoms. The Morgan fingerprint density at radius 3 is 2.67 bits per heavy atom. The lowest BCUT2D eigenvalue weighted by Crippen LogP contribution is -2.07. The van der Waals surface area contributed by atoms with E-state index in [-0.39, 0.29) is 0 Å². The van der Waals surface area contributed by atoms with Crippen LogP contribution in [0.3, 0.4) is 0 Å². The fourth-order valence-corrected chi connectivity index (χ4v) is 1.51. The maximum Gasteiger partial charge on any atom is 0.122 e. The van der Waals surface area contributed by atoms with Crippen LogP contribution in [0.4, 0.5) is 0 Å². The third-order valence-electron chi connectivity index (χ3n) is 2.40. The molecule has 0 saturated carbocycles. The van der Waals surface area contributed by atoms with Gasteiger partial charge in [0.05, 0.1) is 6.61 Å². The molecule has 1 rings (SSSR count). The second kappa shape index (κ2) is 5.76. The molecule has 84 valence electrons. The lowest BCUT2D eigenvalue weighted by Gasteiger charge is -2.14. The average molecular weight is 207 g/mol. The number of rotatable bonds is 5. The molecule has 0 aliphatic rings. The summed E-state index contributed by atoms with van der Waals surface area (Å²) in [4.78, 5) is 0. The molecule has 1 aromatic carbocycles. The highest BCUT2D eigenvalue weighted by Gasteiger charge is 2.07. The predicted octanol–water partition coefficient (Wildman–Crippen LogP) is 2.85. The lowest BCUT2D eigenvalue weighted by atomic mass is 10.0. The van der Waals surface area contributed by atoms with Crippen LogP contribution < -0.4 is 10.5 Å². The molecule has 0 atom stereocenters. The molecule has 0 bridgehead atoms. The first-order chi connectivity index (χ1) is 7.15. The number of ether oxygens (including phenoxy) is 1. The highest BCUT2D eigenvalue weighted by Crippen LogP contribution is 2.27.